The van der Waals surface area contributed by atoms with Crippen LogP contribution in [0.15, 0.2) is 176 Å². The van der Waals surface area contributed by atoms with Gasteiger partial charge in [0.15, 0.2) is 0 Å². The van der Waals surface area contributed by atoms with Gasteiger partial charge in [-0.1, -0.05) is 146 Å². The van der Waals surface area contributed by atoms with E-state index in [-0.39, 0.29) is 0 Å². The molecule has 10 aromatic rings. The summed E-state index contributed by atoms with van der Waals surface area (Å²) in [7, 11) is 0. The average molecular weight is 730 g/mol. The predicted octanol–water partition coefficient (Wildman–Crippen LogP) is 13.9. The minimum absolute atomic E-state index is 0.940. The molecular formula is C54H39N3. The number of benzene rings is 7. The van der Waals surface area contributed by atoms with Gasteiger partial charge in [-0.05, 0) is 90.4 Å². The second kappa shape index (κ2) is 12.7. The van der Waals surface area contributed by atoms with E-state index in [1.54, 1.807) is 0 Å². The Labute approximate surface area is 331 Å². The maximum absolute atomic E-state index is 2.57. The van der Waals surface area contributed by atoms with Crippen LogP contribution in [0.3, 0.4) is 0 Å². The van der Waals surface area contributed by atoms with Gasteiger partial charge in [-0.3, -0.25) is 0 Å². The highest BCUT2D eigenvalue weighted by molar-refractivity contribution is 6.15. The Balaban J connectivity index is 1.15. The van der Waals surface area contributed by atoms with Gasteiger partial charge < -0.3 is 13.7 Å². The fourth-order valence-corrected chi connectivity index (χ4v) is 10.1. The summed E-state index contributed by atoms with van der Waals surface area (Å²) in [6.07, 6.45) is 11.2. The highest BCUT2D eigenvalue weighted by atomic mass is 15.0. The van der Waals surface area contributed by atoms with E-state index < -0.39 is 0 Å². The Hall–Kier alpha value is -7.10. The number of fused-ring (bicyclic) bond motifs is 9. The van der Waals surface area contributed by atoms with Crippen molar-refractivity contribution in [1.29, 1.82) is 0 Å². The standard InChI is InChI=1S/C54H39N3/c1-3-17-36(18-4-1)39-25-15-26-40(37-19-5-2-6-20-37)54(39)57-48-29-13-9-23-43(48)44-34-33-38(35-52(44)57)55-49-30-14-10-24-45(49)53-50(55)31-16-32-51(53)56-46-27-11-7-21-41(46)42-22-8-12-28-47(42)56/h1-7,9-21,23-32,35H,8,22,33-34H2. The van der Waals surface area contributed by atoms with Gasteiger partial charge in [-0.25, -0.2) is 0 Å². The third-order valence-corrected chi connectivity index (χ3v) is 12.4. The molecule has 2 aliphatic rings. The minimum atomic E-state index is 0.940. The predicted molar refractivity (Wildman–Crippen MR) is 240 cm³/mol. The molecule has 3 aromatic heterocycles. The van der Waals surface area contributed by atoms with Crippen molar-refractivity contribution in [2.75, 3.05) is 0 Å². The molecule has 0 radical (unpaired) electrons. The van der Waals surface area contributed by atoms with Gasteiger partial charge in [-0.15, -0.1) is 0 Å². The molecule has 7 aromatic carbocycles. The zero-order valence-corrected chi connectivity index (χ0v) is 31.6. The molecule has 0 fully saturated rings. The number of para-hydroxylation sites is 4. The quantitative estimate of drug-likeness (QED) is 0.168. The number of nitrogens with zero attached hydrogens (tertiary/aromatic N) is 3. The molecule has 0 unspecified atom stereocenters. The first-order valence-corrected chi connectivity index (χ1v) is 20.2. The molecule has 12 rings (SSSR count). The largest absolute Gasteiger partial charge is 0.313 e. The molecule has 0 atom stereocenters. The van der Waals surface area contributed by atoms with Crippen molar-refractivity contribution in [2.45, 2.75) is 25.7 Å². The molecule has 2 aliphatic carbocycles. The molecule has 0 saturated heterocycles. The van der Waals surface area contributed by atoms with Crippen LogP contribution < -0.4 is 0 Å². The van der Waals surface area contributed by atoms with Crippen molar-refractivity contribution in [3.8, 4) is 33.6 Å². The number of allylic oxidation sites excluding steroid dienone is 2. The van der Waals surface area contributed by atoms with Gasteiger partial charge in [0, 0.05) is 44.1 Å². The van der Waals surface area contributed by atoms with Crippen LogP contribution >= 0.6 is 0 Å². The molecule has 0 amide bonds. The third-order valence-electron chi connectivity index (χ3n) is 12.4. The van der Waals surface area contributed by atoms with E-state index in [0.717, 1.165) is 25.7 Å². The second-order valence-electron chi connectivity index (χ2n) is 15.5. The van der Waals surface area contributed by atoms with Crippen LogP contribution in [0.1, 0.15) is 35.4 Å². The summed E-state index contributed by atoms with van der Waals surface area (Å²) < 4.78 is 7.66. The monoisotopic (exact) mass is 729 g/mol. The number of aryl methyl sites for hydroxylation is 2. The van der Waals surface area contributed by atoms with Gasteiger partial charge in [0.05, 0.1) is 39.1 Å². The van der Waals surface area contributed by atoms with Crippen LogP contribution in [0.2, 0.25) is 0 Å². The van der Waals surface area contributed by atoms with Gasteiger partial charge >= 0.3 is 0 Å². The summed E-state index contributed by atoms with van der Waals surface area (Å²) >= 11 is 0. The maximum atomic E-state index is 2.57. The smallest absolute Gasteiger partial charge is 0.0618 e. The van der Waals surface area contributed by atoms with Crippen LogP contribution in [-0.2, 0) is 12.8 Å². The average Bonchev–Trinajstić information content (AvgIpc) is 3.92. The molecule has 0 aliphatic heterocycles. The highest BCUT2D eigenvalue weighted by Gasteiger charge is 2.28. The molecule has 270 valence electrons. The lowest BCUT2D eigenvalue weighted by atomic mass is 9.95. The summed E-state index contributed by atoms with van der Waals surface area (Å²) in [6, 6.07) is 62.5. The zero-order chi connectivity index (χ0) is 37.5. The van der Waals surface area contributed by atoms with Gasteiger partial charge in [0.25, 0.3) is 0 Å². The van der Waals surface area contributed by atoms with E-state index in [1.807, 2.05) is 0 Å². The first kappa shape index (κ1) is 32.2. The Bertz CT molecular complexity index is 3220. The lowest BCUT2D eigenvalue weighted by Crippen LogP contribution is -2.08. The van der Waals surface area contributed by atoms with Crippen molar-refractivity contribution >= 4 is 61.5 Å². The number of aromatic nitrogens is 3. The minimum Gasteiger partial charge on any atom is -0.313 e. The number of hydrogen-bond donors (Lipinski definition) is 0. The van der Waals surface area contributed by atoms with E-state index in [1.165, 1.54) is 105 Å². The molecular weight excluding hydrogens is 691 g/mol. The fraction of sp³-hybridized carbons (Fsp3) is 0.0741. The van der Waals surface area contributed by atoms with Crippen LogP contribution in [-0.4, -0.2) is 13.7 Å². The summed E-state index contributed by atoms with van der Waals surface area (Å²) in [5.74, 6) is 0. The van der Waals surface area contributed by atoms with E-state index in [9.17, 15) is 0 Å². The van der Waals surface area contributed by atoms with Crippen molar-refractivity contribution in [2.24, 2.45) is 0 Å². The molecule has 0 spiro atoms. The molecule has 3 heterocycles. The number of rotatable bonds is 5. The maximum Gasteiger partial charge on any atom is 0.0618 e. The van der Waals surface area contributed by atoms with Crippen molar-refractivity contribution in [3.05, 3.63) is 198 Å². The van der Waals surface area contributed by atoms with E-state index in [4.69, 9.17) is 0 Å². The van der Waals surface area contributed by atoms with E-state index in [2.05, 4.69) is 202 Å². The molecule has 57 heavy (non-hydrogen) atoms. The molecule has 0 bridgehead atoms. The summed E-state index contributed by atoms with van der Waals surface area (Å²) in [5.41, 5.74) is 19.1. The van der Waals surface area contributed by atoms with Gasteiger partial charge in [0.2, 0.25) is 0 Å². The Morgan fingerprint density at radius 2 is 0.930 bits per heavy atom. The van der Waals surface area contributed by atoms with Crippen molar-refractivity contribution < 1.29 is 0 Å². The molecule has 3 heteroatoms. The van der Waals surface area contributed by atoms with Crippen LogP contribution in [0, 0.1) is 0 Å². The van der Waals surface area contributed by atoms with Crippen LogP contribution in [0.5, 0.6) is 0 Å². The normalized spacial score (nSPS) is 13.7. The third kappa shape index (κ3) is 4.79. The molecule has 3 nitrogen and oxygen atoms in total. The lowest BCUT2D eigenvalue weighted by Gasteiger charge is -2.23. The summed E-state index contributed by atoms with van der Waals surface area (Å²) in [5, 5.41) is 5.26. The van der Waals surface area contributed by atoms with Crippen LogP contribution in [0.25, 0.3) is 95.1 Å². The summed E-state index contributed by atoms with van der Waals surface area (Å²) in [6.45, 7) is 0. The van der Waals surface area contributed by atoms with Crippen molar-refractivity contribution in [3.63, 3.8) is 0 Å². The fourth-order valence-electron chi connectivity index (χ4n) is 10.1. The Morgan fingerprint density at radius 3 is 1.61 bits per heavy atom. The Morgan fingerprint density at radius 1 is 0.386 bits per heavy atom. The van der Waals surface area contributed by atoms with Crippen LogP contribution in [0.4, 0.5) is 0 Å². The topological polar surface area (TPSA) is 14.8 Å². The van der Waals surface area contributed by atoms with E-state index >= 15 is 0 Å². The molecule has 0 N–H and O–H groups in total. The molecule has 0 saturated carbocycles. The summed E-state index contributed by atoms with van der Waals surface area (Å²) in [4.78, 5) is 0. The van der Waals surface area contributed by atoms with Gasteiger partial charge in [0.1, 0.15) is 0 Å². The lowest BCUT2D eigenvalue weighted by molar-refractivity contribution is 0.936. The van der Waals surface area contributed by atoms with E-state index in [0.29, 0.717) is 0 Å². The SMILES string of the molecule is C1=Cc2c(c3ccccc3n2-c2cccc3c2c2ccccc2n3C2=Cc3c(c4ccccc4n3-c3c(-c4ccccc4)cccc3-c3ccccc3)CC2)CC1. The second-order valence-corrected chi connectivity index (χ2v) is 15.5. The van der Waals surface area contributed by atoms with Gasteiger partial charge in [-0.2, -0.15) is 0 Å². The Kier molecular flexibility index (Phi) is 7.18. The highest BCUT2D eigenvalue weighted by Crippen LogP contribution is 2.46. The first-order valence-electron chi connectivity index (χ1n) is 20.2. The zero-order valence-electron chi connectivity index (χ0n) is 31.6. The number of hydrogen-bond acceptors (Lipinski definition) is 0. The van der Waals surface area contributed by atoms with Crippen molar-refractivity contribution in [1.82, 2.24) is 13.7 Å². The first-order chi connectivity index (χ1) is 28.3.